The van der Waals surface area contributed by atoms with Crippen molar-refractivity contribution in [1.82, 2.24) is 9.55 Å². The van der Waals surface area contributed by atoms with Crippen LogP contribution in [0.25, 0.3) is 11.3 Å². The number of nitrogens with zero attached hydrogens (tertiary/aromatic N) is 2. The van der Waals surface area contributed by atoms with E-state index in [2.05, 4.69) is 16.0 Å². The van der Waals surface area contributed by atoms with E-state index in [0.717, 1.165) is 39.2 Å². The summed E-state index contributed by atoms with van der Waals surface area (Å²) in [5.41, 5.74) is 5.05. The number of aromatic nitrogens is 2. The van der Waals surface area contributed by atoms with Crippen molar-refractivity contribution in [1.29, 1.82) is 0 Å². The van der Waals surface area contributed by atoms with E-state index in [4.69, 9.17) is 9.72 Å². The molecule has 0 spiro atoms. The molecule has 1 aliphatic heterocycles. The van der Waals surface area contributed by atoms with Crippen LogP contribution in [0.15, 0.2) is 35.7 Å². The molecular formula is C20H23N3O3S2. The molecular weight excluding hydrogens is 394 g/mol. The molecule has 8 heteroatoms. The number of ether oxygens (including phenoxy) is 1. The molecule has 3 heterocycles. The van der Waals surface area contributed by atoms with Crippen LogP contribution in [0.2, 0.25) is 0 Å². The van der Waals surface area contributed by atoms with Gasteiger partial charge < -0.3 is 14.6 Å². The third-order valence-corrected chi connectivity index (χ3v) is 7.69. The molecule has 1 N–H and O–H groups in total. The fourth-order valence-electron chi connectivity index (χ4n) is 3.83. The molecule has 1 atom stereocenters. The predicted molar refractivity (Wildman–Crippen MR) is 114 cm³/mol. The number of aryl methyl sites for hydroxylation is 1. The number of thiazole rings is 1. The molecule has 1 fully saturated rings. The lowest BCUT2D eigenvalue weighted by molar-refractivity contribution is 0.415. The Morgan fingerprint density at radius 1 is 1.25 bits per heavy atom. The summed E-state index contributed by atoms with van der Waals surface area (Å²) in [6.07, 6.45) is 0.680. The van der Waals surface area contributed by atoms with Gasteiger partial charge in [0.05, 0.1) is 24.3 Å². The van der Waals surface area contributed by atoms with Gasteiger partial charge in [0, 0.05) is 34.1 Å². The molecule has 4 rings (SSSR count). The molecule has 1 aliphatic rings. The van der Waals surface area contributed by atoms with Gasteiger partial charge in [-0.05, 0) is 50.6 Å². The minimum atomic E-state index is -2.92. The third kappa shape index (κ3) is 3.66. The van der Waals surface area contributed by atoms with E-state index in [9.17, 15) is 8.42 Å². The van der Waals surface area contributed by atoms with E-state index in [1.165, 1.54) is 0 Å². The number of sulfone groups is 1. The zero-order valence-corrected chi connectivity index (χ0v) is 17.7. The summed E-state index contributed by atoms with van der Waals surface area (Å²) < 4.78 is 31.1. The van der Waals surface area contributed by atoms with E-state index < -0.39 is 9.84 Å². The first-order chi connectivity index (χ1) is 13.4. The Morgan fingerprint density at radius 3 is 2.64 bits per heavy atom. The highest BCUT2D eigenvalue weighted by Gasteiger charge is 2.31. The van der Waals surface area contributed by atoms with E-state index in [1.807, 2.05) is 43.5 Å². The molecule has 0 amide bonds. The van der Waals surface area contributed by atoms with Gasteiger partial charge in [0.2, 0.25) is 0 Å². The maximum atomic E-state index is 11.9. The number of rotatable bonds is 5. The fourth-order valence-corrected chi connectivity index (χ4v) is 6.26. The van der Waals surface area contributed by atoms with Crippen molar-refractivity contribution in [2.45, 2.75) is 26.3 Å². The van der Waals surface area contributed by atoms with E-state index in [0.29, 0.717) is 6.42 Å². The van der Waals surface area contributed by atoms with Crippen LogP contribution in [0.1, 0.15) is 23.9 Å². The topological polar surface area (TPSA) is 73.2 Å². The number of hydrogen-bond acceptors (Lipinski definition) is 6. The summed E-state index contributed by atoms with van der Waals surface area (Å²) in [7, 11) is -1.28. The number of nitrogens with one attached hydrogen (secondary N) is 1. The van der Waals surface area contributed by atoms with Crippen molar-refractivity contribution in [3.05, 3.63) is 47.1 Å². The Morgan fingerprint density at radius 2 is 2.00 bits per heavy atom. The third-order valence-electron chi connectivity index (χ3n) is 5.18. The van der Waals surface area contributed by atoms with Gasteiger partial charge in [0.15, 0.2) is 15.0 Å². The molecule has 6 nitrogen and oxygen atoms in total. The molecule has 0 bridgehead atoms. The molecule has 2 aromatic heterocycles. The first kappa shape index (κ1) is 19.0. The minimum Gasteiger partial charge on any atom is -0.497 e. The zero-order chi connectivity index (χ0) is 19.9. The van der Waals surface area contributed by atoms with Crippen LogP contribution < -0.4 is 10.1 Å². The lowest BCUT2D eigenvalue weighted by Gasteiger charge is -2.16. The second-order valence-electron chi connectivity index (χ2n) is 7.10. The highest BCUT2D eigenvalue weighted by Crippen LogP contribution is 2.35. The Hall–Kier alpha value is -2.32. The standard InChI is InChI=1S/C20H23N3O3S2/c1-13-10-18(14(2)23(13)16-8-9-28(24,25)12-16)19-11-27-20(22-19)21-15-4-6-17(26-3)7-5-15/h4-7,10-11,16H,8-9,12H2,1-3H3,(H,21,22)/t16-/m0/s1. The van der Waals surface area contributed by atoms with Crippen LogP contribution in [-0.2, 0) is 9.84 Å². The van der Waals surface area contributed by atoms with Crippen molar-refractivity contribution >= 4 is 32.0 Å². The van der Waals surface area contributed by atoms with Crippen LogP contribution in [0.5, 0.6) is 5.75 Å². The fraction of sp³-hybridized carbons (Fsp3) is 0.350. The van der Waals surface area contributed by atoms with Crippen LogP contribution >= 0.6 is 11.3 Å². The molecule has 1 aromatic carbocycles. The van der Waals surface area contributed by atoms with Crippen molar-refractivity contribution < 1.29 is 13.2 Å². The average Bonchev–Trinajstić information content (AvgIpc) is 3.33. The Kier molecular flexibility index (Phi) is 4.93. The van der Waals surface area contributed by atoms with E-state index in [-0.39, 0.29) is 17.5 Å². The van der Waals surface area contributed by atoms with Crippen molar-refractivity contribution in [3.63, 3.8) is 0 Å². The number of methoxy groups -OCH3 is 1. The SMILES string of the molecule is COc1ccc(Nc2nc(-c3cc(C)n([C@H]4CCS(=O)(=O)C4)c3C)cs2)cc1. The maximum absolute atomic E-state index is 11.9. The zero-order valence-electron chi connectivity index (χ0n) is 16.1. The van der Waals surface area contributed by atoms with Crippen molar-refractivity contribution in [2.75, 3.05) is 23.9 Å². The summed E-state index contributed by atoms with van der Waals surface area (Å²) in [5.74, 6) is 1.31. The first-order valence-electron chi connectivity index (χ1n) is 9.12. The van der Waals surface area contributed by atoms with Gasteiger partial charge in [-0.1, -0.05) is 0 Å². The number of benzene rings is 1. The second kappa shape index (κ2) is 7.25. The van der Waals surface area contributed by atoms with Gasteiger partial charge in [-0.3, -0.25) is 0 Å². The Labute approximate surface area is 169 Å². The summed E-state index contributed by atoms with van der Waals surface area (Å²) in [5, 5.41) is 6.16. The average molecular weight is 418 g/mol. The lowest BCUT2D eigenvalue weighted by atomic mass is 10.2. The van der Waals surface area contributed by atoms with Gasteiger partial charge in [0.1, 0.15) is 5.75 Å². The largest absolute Gasteiger partial charge is 0.497 e. The van der Waals surface area contributed by atoms with Gasteiger partial charge >= 0.3 is 0 Å². The van der Waals surface area contributed by atoms with Crippen molar-refractivity contribution in [2.24, 2.45) is 0 Å². The van der Waals surface area contributed by atoms with Crippen LogP contribution in [0, 0.1) is 13.8 Å². The van der Waals surface area contributed by atoms with E-state index >= 15 is 0 Å². The van der Waals surface area contributed by atoms with Crippen molar-refractivity contribution in [3.8, 4) is 17.0 Å². The highest BCUT2D eigenvalue weighted by molar-refractivity contribution is 7.91. The van der Waals surface area contributed by atoms with Crippen LogP contribution in [0.4, 0.5) is 10.8 Å². The van der Waals surface area contributed by atoms with Crippen LogP contribution in [0.3, 0.4) is 0 Å². The van der Waals surface area contributed by atoms with Crippen LogP contribution in [-0.4, -0.2) is 36.6 Å². The summed E-state index contributed by atoms with van der Waals surface area (Å²) in [6, 6.07) is 9.83. The first-order valence-corrected chi connectivity index (χ1v) is 11.8. The second-order valence-corrected chi connectivity index (χ2v) is 10.2. The normalized spacial score (nSPS) is 18.3. The molecule has 0 radical (unpaired) electrons. The highest BCUT2D eigenvalue weighted by atomic mass is 32.2. The summed E-state index contributed by atoms with van der Waals surface area (Å²) >= 11 is 1.55. The van der Waals surface area contributed by atoms with Gasteiger partial charge in [-0.2, -0.15) is 0 Å². The molecule has 1 saturated heterocycles. The monoisotopic (exact) mass is 417 g/mol. The minimum absolute atomic E-state index is 0.0225. The molecule has 28 heavy (non-hydrogen) atoms. The quantitative estimate of drug-likeness (QED) is 0.668. The smallest absolute Gasteiger partial charge is 0.187 e. The summed E-state index contributed by atoms with van der Waals surface area (Å²) in [4.78, 5) is 4.73. The number of hydrogen-bond donors (Lipinski definition) is 1. The Bertz CT molecular complexity index is 1100. The molecule has 148 valence electrons. The maximum Gasteiger partial charge on any atom is 0.187 e. The van der Waals surface area contributed by atoms with Gasteiger partial charge in [-0.25, -0.2) is 13.4 Å². The Balaban J connectivity index is 1.58. The molecule has 0 saturated carbocycles. The lowest BCUT2D eigenvalue weighted by Crippen LogP contribution is -2.13. The number of anilines is 2. The molecule has 3 aromatic rings. The molecule has 0 aliphatic carbocycles. The summed E-state index contributed by atoms with van der Waals surface area (Å²) in [6.45, 7) is 4.08. The van der Waals surface area contributed by atoms with Gasteiger partial charge in [0.25, 0.3) is 0 Å². The predicted octanol–water partition coefficient (Wildman–Crippen LogP) is 4.34. The molecule has 0 unspecified atom stereocenters. The van der Waals surface area contributed by atoms with Gasteiger partial charge in [-0.15, -0.1) is 11.3 Å². The van der Waals surface area contributed by atoms with E-state index in [1.54, 1.807) is 18.4 Å².